The van der Waals surface area contributed by atoms with Gasteiger partial charge in [0.1, 0.15) is 22.7 Å². The predicted molar refractivity (Wildman–Crippen MR) is 211 cm³/mol. The molecule has 0 N–H and O–H groups in total. The second-order valence-electron chi connectivity index (χ2n) is 14.0. The van der Waals surface area contributed by atoms with Gasteiger partial charge < -0.3 is 13.7 Å². The minimum Gasteiger partial charge on any atom is -0.457 e. The molecule has 3 heteroatoms. The Hall–Kier alpha value is -6.84. The molecule has 242 valence electrons. The Kier molecular flexibility index (Phi) is 5.43. The minimum absolute atomic E-state index is 0.548. The van der Waals surface area contributed by atoms with Gasteiger partial charge in [-0.15, -0.1) is 0 Å². The number of furan rings is 1. The van der Waals surface area contributed by atoms with Crippen LogP contribution >= 0.6 is 0 Å². The topological polar surface area (TPSA) is 27.3 Å². The molecule has 8 aromatic carbocycles. The van der Waals surface area contributed by atoms with E-state index in [4.69, 9.17) is 9.15 Å². The van der Waals surface area contributed by atoms with Crippen LogP contribution in [0.4, 0.5) is 0 Å². The van der Waals surface area contributed by atoms with Crippen LogP contribution in [0.1, 0.15) is 22.3 Å². The van der Waals surface area contributed by atoms with Crippen LogP contribution in [0.2, 0.25) is 0 Å². The number of fused-ring (bicyclic) bond motifs is 16. The monoisotopic (exact) mass is 663 g/mol. The lowest BCUT2D eigenvalue weighted by Gasteiger charge is -2.39. The van der Waals surface area contributed by atoms with Gasteiger partial charge in [-0.25, -0.2) is 0 Å². The van der Waals surface area contributed by atoms with Gasteiger partial charge in [0.15, 0.2) is 0 Å². The molecule has 0 radical (unpaired) electrons. The Balaban J connectivity index is 1.23. The quantitative estimate of drug-likeness (QED) is 0.184. The zero-order valence-corrected chi connectivity index (χ0v) is 28.0. The fraction of sp³-hybridized carbons (Fsp3) is 0.0204. The maximum absolute atomic E-state index is 6.84. The van der Waals surface area contributed by atoms with Crippen molar-refractivity contribution in [1.82, 2.24) is 4.57 Å². The lowest BCUT2D eigenvalue weighted by molar-refractivity contribution is 0.436. The molecule has 3 nitrogen and oxygen atoms in total. The van der Waals surface area contributed by atoms with Crippen molar-refractivity contribution in [2.24, 2.45) is 0 Å². The first kappa shape index (κ1) is 27.9. The molecule has 0 saturated carbocycles. The van der Waals surface area contributed by atoms with E-state index in [0.717, 1.165) is 77.8 Å². The summed E-state index contributed by atoms with van der Waals surface area (Å²) in [6.45, 7) is 0. The Labute approximate surface area is 299 Å². The van der Waals surface area contributed by atoms with E-state index < -0.39 is 5.41 Å². The van der Waals surface area contributed by atoms with Crippen molar-refractivity contribution in [1.29, 1.82) is 0 Å². The van der Waals surface area contributed by atoms with E-state index in [0.29, 0.717) is 0 Å². The average molecular weight is 664 g/mol. The second kappa shape index (κ2) is 10.1. The number of benzene rings is 8. The molecule has 0 unspecified atom stereocenters. The van der Waals surface area contributed by atoms with E-state index in [1.165, 1.54) is 27.6 Å². The maximum atomic E-state index is 6.84. The van der Waals surface area contributed by atoms with Crippen LogP contribution < -0.4 is 4.74 Å². The first-order valence-electron chi connectivity index (χ1n) is 17.9. The van der Waals surface area contributed by atoms with Crippen molar-refractivity contribution in [3.63, 3.8) is 0 Å². The highest BCUT2D eigenvalue weighted by molar-refractivity contribution is 6.27. The first-order chi connectivity index (χ1) is 25.8. The summed E-state index contributed by atoms with van der Waals surface area (Å²) in [6, 6.07) is 63.3. The molecular formula is C49H29NO2. The van der Waals surface area contributed by atoms with E-state index in [1.54, 1.807) is 0 Å². The van der Waals surface area contributed by atoms with Crippen molar-refractivity contribution in [2.75, 3.05) is 0 Å². The number of nitrogens with zero attached hydrogens (tertiary/aromatic N) is 1. The van der Waals surface area contributed by atoms with Crippen molar-refractivity contribution in [3.8, 4) is 39.4 Å². The van der Waals surface area contributed by atoms with Gasteiger partial charge in [0, 0.05) is 33.0 Å². The zero-order chi connectivity index (χ0) is 34.0. The standard InChI is InChI=1S/C49H29NO2/c1-2-14-30(15-3-1)36-29-42-47(48-46(36)35-18-6-11-23-43(35)52-48)34-17-5-10-22-41(34)50(42)31-26-27-33-32-16-4-7-19-37(32)49(40(33)28-31)38-20-8-12-24-44(38)51-45-25-13-9-21-39(45)49/h1-29H. The summed E-state index contributed by atoms with van der Waals surface area (Å²) in [6.07, 6.45) is 0. The van der Waals surface area contributed by atoms with Crippen LogP contribution in [0.5, 0.6) is 11.5 Å². The van der Waals surface area contributed by atoms with Crippen LogP contribution in [0, 0.1) is 0 Å². The fourth-order valence-electron chi connectivity index (χ4n) is 9.44. The Morgan fingerprint density at radius 1 is 0.423 bits per heavy atom. The van der Waals surface area contributed by atoms with Crippen LogP contribution in [-0.4, -0.2) is 4.57 Å². The van der Waals surface area contributed by atoms with Gasteiger partial charge in [0.05, 0.1) is 21.8 Å². The third kappa shape index (κ3) is 3.45. The summed E-state index contributed by atoms with van der Waals surface area (Å²) in [5.41, 5.74) is 14.3. The predicted octanol–water partition coefficient (Wildman–Crippen LogP) is 12.8. The first-order valence-corrected chi connectivity index (χ1v) is 17.9. The van der Waals surface area contributed by atoms with Crippen LogP contribution in [0.15, 0.2) is 180 Å². The molecule has 12 rings (SSSR count). The highest BCUT2D eigenvalue weighted by Crippen LogP contribution is 2.62. The molecule has 52 heavy (non-hydrogen) atoms. The minimum atomic E-state index is -0.548. The van der Waals surface area contributed by atoms with E-state index in [2.05, 4.69) is 180 Å². The number of hydrogen-bond acceptors (Lipinski definition) is 2. The fourth-order valence-corrected chi connectivity index (χ4v) is 9.44. The summed E-state index contributed by atoms with van der Waals surface area (Å²) in [5.74, 6) is 1.79. The number of aromatic nitrogens is 1. The van der Waals surface area contributed by atoms with E-state index in [-0.39, 0.29) is 0 Å². The van der Waals surface area contributed by atoms with Gasteiger partial charge in [-0.05, 0) is 75.8 Å². The average Bonchev–Trinajstić information content (AvgIpc) is 3.85. The molecule has 0 amide bonds. The van der Waals surface area contributed by atoms with E-state index in [9.17, 15) is 0 Å². The molecule has 10 aromatic rings. The van der Waals surface area contributed by atoms with E-state index in [1.807, 2.05) is 0 Å². The van der Waals surface area contributed by atoms with Gasteiger partial charge >= 0.3 is 0 Å². The molecule has 1 aliphatic carbocycles. The SMILES string of the molecule is c1ccc(-c2cc3c(c4ccccc4n3-c3ccc4c(c3)C3(c5ccccc5Oc5ccccc53)c3ccccc3-4)c3oc4ccccc4c23)cc1. The number of rotatable bonds is 2. The number of hydrogen-bond donors (Lipinski definition) is 0. The molecular weight excluding hydrogens is 635 g/mol. The molecule has 0 bridgehead atoms. The normalized spacial score (nSPS) is 13.7. The summed E-state index contributed by atoms with van der Waals surface area (Å²) < 4.78 is 15.9. The summed E-state index contributed by atoms with van der Waals surface area (Å²) >= 11 is 0. The Morgan fingerprint density at radius 2 is 1.06 bits per heavy atom. The van der Waals surface area contributed by atoms with Crippen LogP contribution in [-0.2, 0) is 5.41 Å². The lowest BCUT2D eigenvalue weighted by atomic mass is 9.66. The summed E-state index contributed by atoms with van der Waals surface area (Å²) in [7, 11) is 0. The lowest BCUT2D eigenvalue weighted by Crippen LogP contribution is -2.32. The number of para-hydroxylation sites is 4. The van der Waals surface area contributed by atoms with Gasteiger partial charge in [-0.3, -0.25) is 0 Å². The molecule has 0 fully saturated rings. The highest BCUT2D eigenvalue weighted by atomic mass is 16.5. The van der Waals surface area contributed by atoms with Crippen molar-refractivity contribution >= 4 is 43.7 Å². The number of ether oxygens (including phenoxy) is 1. The molecule has 0 saturated heterocycles. The molecule has 1 spiro atoms. The maximum Gasteiger partial charge on any atom is 0.146 e. The van der Waals surface area contributed by atoms with Gasteiger partial charge in [0.25, 0.3) is 0 Å². The summed E-state index contributed by atoms with van der Waals surface area (Å²) in [5, 5.41) is 4.57. The zero-order valence-electron chi connectivity index (χ0n) is 28.0. The molecule has 2 aliphatic rings. The van der Waals surface area contributed by atoms with E-state index >= 15 is 0 Å². The highest BCUT2D eigenvalue weighted by Gasteiger charge is 2.51. The Morgan fingerprint density at radius 3 is 1.87 bits per heavy atom. The molecule has 0 atom stereocenters. The van der Waals surface area contributed by atoms with Crippen molar-refractivity contribution in [2.45, 2.75) is 5.41 Å². The molecule has 3 heterocycles. The van der Waals surface area contributed by atoms with Gasteiger partial charge in [-0.1, -0.05) is 133 Å². The third-order valence-electron chi connectivity index (χ3n) is 11.5. The van der Waals surface area contributed by atoms with Crippen molar-refractivity contribution < 1.29 is 9.15 Å². The van der Waals surface area contributed by atoms with Crippen LogP contribution in [0.3, 0.4) is 0 Å². The summed E-state index contributed by atoms with van der Waals surface area (Å²) in [4.78, 5) is 0. The van der Waals surface area contributed by atoms with Crippen LogP contribution in [0.25, 0.3) is 71.7 Å². The second-order valence-corrected chi connectivity index (χ2v) is 14.0. The third-order valence-corrected chi connectivity index (χ3v) is 11.5. The van der Waals surface area contributed by atoms with Gasteiger partial charge in [-0.2, -0.15) is 0 Å². The smallest absolute Gasteiger partial charge is 0.146 e. The van der Waals surface area contributed by atoms with Gasteiger partial charge in [0.2, 0.25) is 0 Å². The van der Waals surface area contributed by atoms with Crippen molar-refractivity contribution in [3.05, 3.63) is 198 Å². The Bertz CT molecular complexity index is 3060. The molecule has 1 aliphatic heterocycles. The largest absolute Gasteiger partial charge is 0.457 e. The molecule has 2 aromatic heterocycles.